The van der Waals surface area contributed by atoms with E-state index in [-0.39, 0.29) is 30.7 Å². The van der Waals surface area contributed by atoms with E-state index in [9.17, 15) is 4.79 Å². The first kappa shape index (κ1) is 21.1. The summed E-state index contributed by atoms with van der Waals surface area (Å²) in [6, 6.07) is 8.05. The quantitative estimate of drug-likeness (QED) is 0.870. The molecule has 2 heterocycles. The van der Waals surface area contributed by atoms with Crippen LogP contribution in [0.1, 0.15) is 17.8 Å². The van der Waals surface area contributed by atoms with Crippen LogP contribution >= 0.6 is 36.2 Å². The zero-order valence-electron chi connectivity index (χ0n) is 13.8. The summed E-state index contributed by atoms with van der Waals surface area (Å²) in [4.78, 5) is 19.2. The minimum atomic E-state index is -0.684. The number of methoxy groups -OCH3 is 1. The van der Waals surface area contributed by atoms with Gasteiger partial charge in [0.15, 0.2) is 0 Å². The van der Waals surface area contributed by atoms with Crippen LogP contribution in [0.15, 0.2) is 24.3 Å². The lowest BCUT2D eigenvalue weighted by Crippen LogP contribution is -2.54. The van der Waals surface area contributed by atoms with Gasteiger partial charge in [-0.2, -0.15) is 0 Å². The van der Waals surface area contributed by atoms with Gasteiger partial charge in [0.2, 0.25) is 0 Å². The summed E-state index contributed by atoms with van der Waals surface area (Å²) in [5.41, 5.74) is 0.308. The maximum atomic E-state index is 12.8. The molecule has 0 bridgehead atoms. The second-order valence-electron chi connectivity index (χ2n) is 5.68. The molecule has 0 saturated carbocycles. The number of halogens is 2. The Morgan fingerprint density at radius 3 is 2.62 bits per heavy atom. The molecule has 1 saturated heterocycles. The van der Waals surface area contributed by atoms with Gasteiger partial charge in [-0.25, -0.2) is 4.98 Å². The Hall–Kier alpha value is -0.920. The molecule has 0 atom stereocenters. The number of hydrogen-bond donors (Lipinski definition) is 1. The molecule has 5 nitrogen and oxygen atoms in total. The second kappa shape index (κ2) is 8.97. The van der Waals surface area contributed by atoms with E-state index in [0.29, 0.717) is 19.4 Å². The number of rotatable bonds is 4. The third kappa shape index (κ3) is 4.18. The molecule has 8 heteroatoms. The molecule has 1 aliphatic heterocycles. The average molecular weight is 392 g/mol. The first-order chi connectivity index (χ1) is 10.6. The molecule has 0 unspecified atom stereocenters. The molecule has 1 fully saturated rings. The maximum Gasteiger partial charge on any atom is 0.255 e. The standard InChI is InChI=1S/C16H21N3O2S.2ClH/c1-19(15(20)16(21-2)7-9-17-10-8-16)11-14-18-12-5-3-4-6-13(12)22-14;;/h3-6,17H,7-11H2,1-2H3;2*1H. The van der Waals surface area contributed by atoms with Crippen molar-refractivity contribution in [2.24, 2.45) is 0 Å². The van der Waals surface area contributed by atoms with Gasteiger partial charge < -0.3 is 15.0 Å². The molecule has 3 rings (SSSR count). The highest BCUT2D eigenvalue weighted by molar-refractivity contribution is 7.18. The fourth-order valence-electron chi connectivity index (χ4n) is 2.95. The Morgan fingerprint density at radius 1 is 1.33 bits per heavy atom. The number of piperidine rings is 1. The zero-order valence-corrected chi connectivity index (χ0v) is 16.2. The smallest absolute Gasteiger partial charge is 0.255 e. The third-order valence-electron chi connectivity index (χ3n) is 4.25. The van der Waals surface area contributed by atoms with Gasteiger partial charge in [0, 0.05) is 14.2 Å². The first-order valence-electron chi connectivity index (χ1n) is 7.50. The second-order valence-corrected chi connectivity index (χ2v) is 6.80. The van der Waals surface area contributed by atoms with Gasteiger partial charge >= 0.3 is 0 Å². The predicted molar refractivity (Wildman–Crippen MR) is 102 cm³/mol. The molecule has 1 aliphatic rings. The number of nitrogens with zero attached hydrogens (tertiary/aromatic N) is 2. The SMILES string of the molecule is COC1(C(=O)N(C)Cc2nc3ccccc3s2)CCNCC1.Cl.Cl. The number of nitrogens with one attached hydrogen (secondary N) is 1. The van der Waals surface area contributed by atoms with Crippen LogP contribution in [0.4, 0.5) is 0 Å². The first-order valence-corrected chi connectivity index (χ1v) is 8.32. The fraction of sp³-hybridized carbons (Fsp3) is 0.500. The minimum Gasteiger partial charge on any atom is -0.368 e. The Morgan fingerprint density at radius 2 is 2.00 bits per heavy atom. The number of benzene rings is 1. The number of fused-ring (bicyclic) bond motifs is 1. The van der Waals surface area contributed by atoms with Crippen molar-refractivity contribution in [3.63, 3.8) is 0 Å². The van der Waals surface area contributed by atoms with Gasteiger partial charge in [-0.3, -0.25) is 4.79 Å². The van der Waals surface area contributed by atoms with Crippen molar-refractivity contribution in [3.05, 3.63) is 29.3 Å². The highest BCUT2D eigenvalue weighted by atomic mass is 35.5. The van der Waals surface area contributed by atoms with Crippen molar-refractivity contribution in [2.45, 2.75) is 25.0 Å². The van der Waals surface area contributed by atoms with Crippen LogP contribution < -0.4 is 5.32 Å². The van der Waals surface area contributed by atoms with Crippen molar-refractivity contribution in [1.82, 2.24) is 15.2 Å². The zero-order chi connectivity index (χ0) is 15.6. The number of ether oxygens (including phenoxy) is 1. The van der Waals surface area contributed by atoms with E-state index >= 15 is 0 Å². The van der Waals surface area contributed by atoms with Gasteiger partial charge in [-0.05, 0) is 38.1 Å². The predicted octanol–water partition coefficient (Wildman–Crippen LogP) is 2.87. The number of thiazole rings is 1. The number of hydrogen-bond acceptors (Lipinski definition) is 5. The normalized spacial score (nSPS) is 16.1. The topological polar surface area (TPSA) is 54.5 Å². The lowest BCUT2D eigenvalue weighted by Gasteiger charge is -2.37. The highest BCUT2D eigenvalue weighted by Crippen LogP contribution is 2.27. The number of carbonyl (C=O) groups excluding carboxylic acids is 1. The molecule has 24 heavy (non-hydrogen) atoms. The number of amides is 1. The van der Waals surface area contributed by atoms with Crippen molar-refractivity contribution in [1.29, 1.82) is 0 Å². The van der Waals surface area contributed by atoms with Crippen LogP contribution in [0, 0.1) is 0 Å². The molecule has 1 amide bonds. The Labute approximate surface area is 158 Å². The van der Waals surface area contributed by atoms with E-state index in [1.54, 1.807) is 23.3 Å². The summed E-state index contributed by atoms with van der Waals surface area (Å²) in [6.45, 7) is 2.15. The minimum absolute atomic E-state index is 0. The van der Waals surface area contributed by atoms with Crippen molar-refractivity contribution >= 4 is 52.3 Å². The summed E-state index contributed by atoms with van der Waals surface area (Å²) in [7, 11) is 3.46. The monoisotopic (exact) mass is 391 g/mol. The summed E-state index contributed by atoms with van der Waals surface area (Å²) in [5, 5.41) is 4.23. The highest BCUT2D eigenvalue weighted by Gasteiger charge is 2.41. The van der Waals surface area contributed by atoms with Crippen molar-refractivity contribution in [3.8, 4) is 0 Å². The summed E-state index contributed by atoms with van der Waals surface area (Å²) in [5.74, 6) is 0.0516. The Kier molecular flexibility index (Phi) is 7.89. The fourth-order valence-corrected chi connectivity index (χ4v) is 3.97. The van der Waals surface area contributed by atoms with Crippen LogP contribution in [-0.2, 0) is 16.1 Å². The molecular weight excluding hydrogens is 369 g/mol. The number of likely N-dealkylation sites (N-methyl/N-ethyl adjacent to an activating group) is 1. The lowest BCUT2D eigenvalue weighted by atomic mass is 9.90. The average Bonchev–Trinajstić information content (AvgIpc) is 2.96. The molecule has 134 valence electrons. The lowest BCUT2D eigenvalue weighted by molar-refractivity contribution is -0.157. The van der Waals surface area contributed by atoms with Gasteiger partial charge in [-0.15, -0.1) is 36.2 Å². The van der Waals surface area contributed by atoms with Crippen LogP contribution in [0.3, 0.4) is 0 Å². The number of para-hydroxylation sites is 1. The molecule has 0 spiro atoms. The molecule has 1 N–H and O–H groups in total. The molecule has 1 aromatic heterocycles. The van der Waals surface area contributed by atoms with Gasteiger partial charge in [-0.1, -0.05) is 12.1 Å². The van der Waals surface area contributed by atoms with E-state index < -0.39 is 5.60 Å². The molecule has 0 aliphatic carbocycles. The van der Waals surface area contributed by atoms with Gasteiger partial charge in [0.05, 0.1) is 16.8 Å². The van der Waals surface area contributed by atoms with Gasteiger partial charge in [0.1, 0.15) is 10.6 Å². The van der Waals surface area contributed by atoms with Crippen LogP contribution in [0.2, 0.25) is 0 Å². The van der Waals surface area contributed by atoms with Crippen LogP contribution in [-0.4, -0.2) is 48.6 Å². The van der Waals surface area contributed by atoms with E-state index in [1.807, 2.05) is 25.2 Å². The molecule has 0 radical (unpaired) electrons. The van der Waals surface area contributed by atoms with Crippen LogP contribution in [0.5, 0.6) is 0 Å². The third-order valence-corrected chi connectivity index (χ3v) is 5.27. The number of aromatic nitrogens is 1. The summed E-state index contributed by atoms with van der Waals surface area (Å²) in [6.07, 6.45) is 1.43. The Balaban J connectivity index is 0.00000144. The van der Waals surface area contributed by atoms with E-state index in [1.165, 1.54) is 0 Å². The summed E-state index contributed by atoms with van der Waals surface area (Å²) < 4.78 is 6.76. The summed E-state index contributed by atoms with van der Waals surface area (Å²) >= 11 is 1.64. The number of carbonyl (C=O) groups is 1. The maximum absolute atomic E-state index is 12.8. The largest absolute Gasteiger partial charge is 0.368 e. The van der Waals surface area contributed by atoms with E-state index in [2.05, 4.69) is 16.4 Å². The van der Waals surface area contributed by atoms with E-state index in [4.69, 9.17) is 4.74 Å². The molecule has 2 aromatic rings. The van der Waals surface area contributed by atoms with Gasteiger partial charge in [0.25, 0.3) is 5.91 Å². The molecule has 1 aromatic carbocycles. The Bertz CT molecular complexity index is 641. The van der Waals surface area contributed by atoms with Crippen molar-refractivity contribution < 1.29 is 9.53 Å². The van der Waals surface area contributed by atoms with Crippen molar-refractivity contribution in [2.75, 3.05) is 27.2 Å². The van der Waals surface area contributed by atoms with E-state index in [0.717, 1.165) is 28.3 Å². The van der Waals surface area contributed by atoms with Crippen LogP contribution in [0.25, 0.3) is 10.2 Å². The molecular formula is C16H23Cl2N3O2S.